The summed E-state index contributed by atoms with van der Waals surface area (Å²) in [6, 6.07) is 0. The van der Waals surface area contributed by atoms with Gasteiger partial charge in [-0.3, -0.25) is 14.7 Å². The number of carbonyl (C=O) groups is 1. The molecule has 0 amide bonds. The summed E-state index contributed by atoms with van der Waals surface area (Å²) in [7, 11) is 1.56. The van der Waals surface area contributed by atoms with E-state index in [1.807, 2.05) is 0 Å². The molecular formula is C12H17N3O3. The Labute approximate surface area is 106 Å². The Bertz CT molecular complexity index is 425. The molecule has 0 aromatic carbocycles. The first-order chi connectivity index (χ1) is 8.70. The van der Waals surface area contributed by atoms with Gasteiger partial charge < -0.3 is 9.84 Å². The first-order valence-corrected chi connectivity index (χ1v) is 5.99. The molecule has 98 valence electrons. The second-order valence-electron chi connectivity index (χ2n) is 4.42. The van der Waals surface area contributed by atoms with E-state index in [1.165, 1.54) is 0 Å². The van der Waals surface area contributed by atoms with Crippen LogP contribution in [0.5, 0.6) is 5.88 Å². The standard InChI is InChI=1S/C12H17N3O3/c1-18-11-10(13-4-5-14-11)8-15-6-2-3-9(7-15)12(16)17/h4-5,9H,2-3,6-8H2,1H3,(H,16,17). The second-order valence-corrected chi connectivity index (χ2v) is 4.42. The first-order valence-electron chi connectivity index (χ1n) is 5.99. The molecule has 1 aliphatic rings. The van der Waals surface area contributed by atoms with Gasteiger partial charge in [-0.15, -0.1) is 0 Å². The summed E-state index contributed by atoms with van der Waals surface area (Å²) in [6.45, 7) is 2.04. The number of piperidine rings is 1. The van der Waals surface area contributed by atoms with E-state index in [-0.39, 0.29) is 5.92 Å². The minimum Gasteiger partial charge on any atom is -0.481 e. The van der Waals surface area contributed by atoms with E-state index in [2.05, 4.69) is 14.9 Å². The van der Waals surface area contributed by atoms with Crippen molar-refractivity contribution < 1.29 is 14.6 Å². The minimum atomic E-state index is -0.717. The highest BCUT2D eigenvalue weighted by Gasteiger charge is 2.26. The second kappa shape index (κ2) is 5.77. The van der Waals surface area contributed by atoms with E-state index in [9.17, 15) is 4.79 Å². The molecule has 6 heteroatoms. The maximum atomic E-state index is 11.0. The van der Waals surface area contributed by atoms with Gasteiger partial charge in [-0.25, -0.2) is 4.98 Å². The number of methoxy groups -OCH3 is 1. The smallest absolute Gasteiger partial charge is 0.307 e. The van der Waals surface area contributed by atoms with Gasteiger partial charge in [0, 0.05) is 25.5 Å². The molecule has 1 fully saturated rings. The zero-order chi connectivity index (χ0) is 13.0. The average molecular weight is 251 g/mol. The summed E-state index contributed by atoms with van der Waals surface area (Å²) in [4.78, 5) is 21.4. The van der Waals surface area contributed by atoms with Crippen LogP contribution in [0, 0.1) is 5.92 Å². The molecule has 2 rings (SSSR count). The van der Waals surface area contributed by atoms with E-state index in [0.29, 0.717) is 19.0 Å². The lowest BCUT2D eigenvalue weighted by atomic mass is 9.98. The van der Waals surface area contributed by atoms with Crippen LogP contribution in [0.15, 0.2) is 12.4 Å². The number of nitrogens with zero attached hydrogens (tertiary/aromatic N) is 3. The number of ether oxygens (including phenoxy) is 1. The van der Waals surface area contributed by atoms with Crippen molar-refractivity contribution >= 4 is 5.97 Å². The summed E-state index contributed by atoms with van der Waals surface area (Å²) in [5, 5.41) is 9.04. The quantitative estimate of drug-likeness (QED) is 0.852. The normalized spacial score (nSPS) is 20.6. The number of hydrogen-bond acceptors (Lipinski definition) is 5. The molecular weight excluding hydrogens is 234 g/mol. The minimum absolute atomic E-state index is 0.276. The fourth-order valence-electron chi connectivity index (χ4n) is 2.25. The maximum Gasteiger partial charge on any atom is 0.307 e. The van der Waals surface area contributed by atoms with Crippen molar-refractivity contribution in [3.63, 3.8) is 0 Å². The molecule has 1 atom stereocenters. The Hall–Kier alpha value is -1.69. The molecule has 2 heterocycles. The van der Waals surface area contributed by atoms with Crippen LogP contribution in [0.25, 0.3) is 0 Å². The number of hydrogen-bond donors (Lipinski definition) is 1. The molecule has 1 aliphatic heterocycles. The maximum absolute atomic E-state index is 11.0. The highest BCUT2D eigenvalue weighted by atomic mass is 16.5. The van der Waals surface area contributed by atoms with Gasteiger partial charge in [0.1, 0.15) is 5.69 Å². The number of carboxylic acid groups (broad SMARTS) is 1. The Morgan fingerprint density at radius 2 is 2.33 bits per heavy atom. The largest absolute Gasteiger partial charge is 0.481 e. The molecule has 1 aromatic heterocycles. The number of rotatable bonds is 4. The van der Waals surface area contributed by atoms with Gasteiger partial charge >= 0.3 is 5.97 Å². The van der Waals surface area contributed by atoms with Crippen LogP contribution in [0.4, 0.5) is 0 Å². The highest BCUT2D eigenvalue weighted by molar-refractivity contribution is 5.70. The molecule has 0 saturated carbocycles. The molecule has 0 bridgehead atoms. The molecule has 0 aliphatic carbocycles. The van der Waals surface area contributed by atoms with Crippen LogP contribution in [0.2, 0.25) is 0 Å². The average Bonchev–Trinajstić information content (AvgIpc) is 2.39. The summed E-state index contributed by atoms with van der Waals surface area (Å²) in [5.41, 5.74) is 0.756. The van der Waals surface area contributed by atoms with Gasteiger partial charge in [-0.1, -0.05) is 0 Å². The van der Waals surface area contributed by atoms with Crippen LogP contribution in [0.3, 0.4) is 0 Å². The van der Waals surface area contributed by atoms with Crippen LogP contribution in [0.1, 0.15) is 18.5 Å². The summed E-state index contributed by atoms with van der Waals surface area (Å²) in [5.74, 6) is -0.484. The Balaban J connectivity index is 2.02. The monoisotopic (exact) mass is 251 g/mol. The predicted molar refractivity (Wildman–Crippen MR) is 64.2 cm³/mol. The van der Waals surface area contributed by atoms with E-state index >= 15 is 0 Å². The first kappa shape index (κ1) is 12.8. The molecule has 6 nitrogen and oxygen atoms in total. The molecule has 0 radical (unpaired) electrons. The summed E-state index contributed by atoms with van der Waals surface area (Å²) >= 11 is 0. The number of aliphatic carboxylic acids is 1. The lowest BCUT2D eigenvalue weighted by Gasteiger charge is -2.30. The highest BCUT2D eigenvalue weighted by Crippen LogP contribution is 2.20. The third-order valence-electron chi connectivity index (χ3n) is 3.16. The van der Waals surface area contributed by atoms with Gasteiger partial charge in [-0.05, 0) is 19.4 Å². The van der Waals surface area contributed by atoms with Crippen molar-refractivity contribution in [2.75, 3.05) is 20.2 Å². The van der Waals surface area contributed by atoms with E-state index in [4.69, 9.17) is 9.84 Å². The number of likely N-dealkylation sites (tertiary alicyclic amines) is 1. The lowest BCUT2D eigenvalue weighted by Crippen LogP contribution is -2.38. The van der Waals surface area contributed by atoms with Crippen LogP contribution >= 0.6 is 0 Å². The Kier molecular flexibility index (Phi) is 4.09. The Morgan fingerprint density at radius 1 is 1.56 bits per heavy atom. The van der Waals surface area contributed by atoms with Crippen molar-refractivity contribution in [1.82, 2.24) is 14.9 Å². The lowest BCUT2D eigenvalue weighted by molar-refractivity contribution is -0.143. The molecule has 1 unspecified atom stereocenters. The molecule has 1 saturated heterocycles. The molecule has 18 heavy (non-hydrogen) atoms. The van der Waals surface area contributed by atoms with E-state index in [1.54, 1.807) is 19.5 Å². The molecule has 1 N–H and O–H groups in total. The summed E-state index contributed by atoms with van der Waals surface area (Å²) in [6.07, 6.45) is 4.86. The van der Waals surface area contributed by atoms with Crippen molar-refractivity contribution in [2.45, 2.75) is 19.4 Å². The van der Waals surface area contributed by atoms with Crippen molar-refractivity contribution in [1.29, 1.82) is 0 Å². The van der Waals surface area contributed by atoms with Crippen LogP contribution in [-0.2, 0) is 11.3 Å². The zero-order valence-corrected chi connectivity index (χ0v) is 10.4. The fraction of sp³-hybridized carbons (Fsp3) is 0.583. The third kappa shape index (κ3) is 2.95. The van der Waals surface area contributed by atoms with Gasteiger partial charge in [0.25, 0.3) is 0 Å². The van der Waals surface area contributed by atoms with Gasteiger partial charge in [0.2, 0.25) is 5.88 Å². The molecule has 0 spiro atoms. The number of aromatic nitrogens is 2. The summed E-state index contributed by atoms with van der Waals surface area (Å²) < 4.78 is 5.14. The predicted octanol–water partition coefficient (Wildman–Crippen LogP) is 0.782. The zero-order valence-electron chi connectivity index (χ0n) is 10.4. The number of carboxylic acids is 1. The fourth-order valence-corrected chi connectivity index (χ4v) is 2.25. The van der Waals surface area contributed by atoms with Gasteiger partial charge in [0.05, 0.1) is 13.0 Å². The van der Waals surface area contributed by atoms with Gasteiger partial charge in [0.15, 0.2) is 0 Å². The van der Waals surface area contributed by atoms with Crippen molar-refractivity contribution in [2.24, 2.45) is 5.92 Å². The van der Waals surface area contributed by atoms with Crippen molar-refractivity contribution in [3.8, 4) is 5.88 Å². The van der Waals surface area contributed by atoms with E-state index in [0.717, 1.165) is 25.1 Å². The van der Waals surface area contributed by atoms with Crippen LogP contribution < -0.4 is 4.74 Å². The van der Waals surface area contributed by atoms with E-state index < -0.39 is 5.97 Å². The van der Waals surface area contributed by atoms with Gasteiger partial charge in [-0.2, -0.15) is 0 Å². The SMILES string of the molecule is COc1nccnc1CN1CCCC(C(=O)O)C1. The van der Waals surface area contributed by atoms with Crippen molar-refractivity contribution in [3.05, 3.63) is 18.1 Å². The Morgan fingerprint density at radius 3 is 3.06 bits per heavy atom. The topological polar surface area (TPSA) is 75.6 Å². The molecule has 1 aromatic rings. The third-order valence-corrected chi connectivity index (χ3v) is 3.16. The van der Waals surface area contributed by atoms with Crippen LogP contribution in [-0.4, -0.2) is 46.1 Å².